The van der Waals surface area contributed by atoms with Crippen LogP contribution >= 0.6 is 0 Å². The van der Waals surface area contributed by atoms with Crippen molar-refractivity contribution in [2.45, 2.75) is 97.7 Å². The first-order chi connectivity index (χ1) is 12.8. The molecular weight excluding hydrogens is 406 g/mol. The largest absolute Gasteiger partial charge is 0.462 e. The van der Waals surface area contributed by atoms with E-state index in [0.29, 0.717) is 13.8 Å². The third kappa shape index (κ3) is 6.77. The third-order valence-corrected chi connectivity index (χ3v) is 5.04. The van der Waals surface area contributed by atoms with E-state index in [1.165, 1.54) is 13.8 Å². The van der Waals surface area contributed by atoms with Crippen molar-refractivity contribution >= 4 is 11.9 Å². The minimum atomic E-state index is -5.11. The second-order valence-electron chi connectivity index (χ2n) is 8.30. The Morgan fingerprint density at radius 3 is 1.83 bits per heavy atom. The van der Waals surface area contributed by atoms with Crippen LogP contribution in [0.25, 0.3) is 0 Å². The van der Waals surface area contributed by atoms with Crippen molar-refractivity contribution in [1.29, 1.82) is 0 Å². The van der Waals surface area contributed by atoms with Gasteiger partial charge in [0.25, 0.3) is 0 Å². The second-order valence-corrected chi connectivity index (χ2v) is 8.30. The predicted octanol–water partition coefficient (Wildman–Crippen LogP) is 5.63. The van der Waals surface area contributed by atoms with Gasteiger partial charge in [-0.05, 0) is 40.0 Å². The summed E-state index contributed by atoms with van der Waals surface area (Å²) in [5.41, 5.74) is -4.73. The van der Waals surface area contributed by atoms with Crippen molar-refractivity contribution in [3.63, 3.8) is 0 Å². The maximum absolute atomic E-state index is 14.3. The summed E-state index contributed by atoms with van der Waals surface area (Å²) in [5.74, 6) is -12.3. The first-order valence-electron chi connectivity index (χ1n) is 9.29. The lowest BCUT2D eigenvalue weighted by Gasteiger charge is -2.40. The van der Waals surface area contributed by atoms with Crippen LogP contribution in [0.1, 0.15) is 67.7 Å². The normalized spacial score (nSPS) is 16.5. The smallest absolute Gasteiger partial charge is 0.348 e. The van der Waals surface area contributed by atoms with Gasteiger partial charge in [0, 0.05) is 0 Å². The Bertz CT molecular complexity index is 577. The van der Waals surface area contributed by atoms with Crippen LogP contribution in [0, 0.1) is 11.3 Å². The average Bonchev–Trinajstić information content (AvgIpc) is 2.52. The van der Waals surface area contributed by atoms with Gasteiger partial charge in [0.05, 0.1) is 18.3 Å². The van der Waals surface area contributed by atoms with Crippen molar-refractivity contribution in [2.24, 2.45) is 11.3 Å². The molecule has 0 heterocycles. The van der Waals surface area contributed by atoms with Crippen LogP contribution in [0.4, 0.5) is 26.3 Å². The molecule has 29 heavy (non-hydrogen) atoms. The fourth-order valence-electron chi connectivity index (χ4n) is 2.23. The number of rotatable bonds is 11. The molecule has 0 aromatic heterocycles. The summed E-state index contributed by atoms with van der Waals surface area (Å²) in [7, 11) is 0. The predicted molar refractivity (Wildman–Crippen MR) is 94.1 cm³/mol. The average molecular weight is 436 g/mol. The maximum Gasteiger partial charge on any atom is 0.348 e. The van der Waals surface area contributed by atoms with Crippen LogP contribution in [-0.4, -0.2) is 41.9 Å². The van der Waals surface area contributed by atoms with E-state index < -0.39 is 60.2 Å². The zero-order valence-electron chi connectivity index (χ0n) is 17.8. The van der Waals surface area contributed by atoms with Crippen LogP contribution in [0.2, 0.25) is 0 Å². The van der Waals surface area contributed by atoms with Crippen LogP contribution in [0.15, 0.2) is 0 Å². The molecule has 2 atom stereocenters. The van der Waals surface area contributed by atoms with Gasteiger partial charge in [-0.25, -0.2) is 8.78 Å². The minimum absolute atomic E-state index is 0.00604. The quantitative estimate of drug-likeness (QED) is 0.311. The lowest BCUT2D eigenvalue weighted by Crippen LogP contribution is -2.59. The Hall–Kier alpha value is -1.48. The molecule has 0 N–H and O–H groups in total. The number of hydrogen-bond donors (Lipinski definition) is 0. The molecule has 0 aliphatic carbocycles. The highest BCUT2D eigenvalue weighted by molar-refractivity contribution is 5.83. The molecular formula is C19H30F6O4. The second kappa shape index (κ2) is 9.55. The van der Waals surface area contributed by atoms with Gasteiger partial charge in [0.2, 0.25) is 6.43 Å². The molecule has 0 spiro atoms. The molecule has 0 aromatic rings. The van der Waals surface area contributed by atoms with Gasteiger partial charge >= 0.3 is 23.8 Å². The van der Waals surface area contributed by atoms with E-state index in [1.54, 1.807) is 20.8 Å². The third-order valence-electron chi connectivity index (χ3n) is 5.04. The fraction of sp³-hybridized carbons (Fsp3) is 0.895. The highest BCUT2D eigenvalue weighted by Gasteiger charge is 2.68. The summed E-state index contributed by atoms with van der Waals surface area (Å²) >= 11 is 0. The van der Waals surface area contributed by atoms with Crippen molar-refractivity contribution in [2.75, 3.05) is 0 Å². The highest BCUT2D eigenvalue weighted by atomic mass is 19.3. The van der Waals surface area contributed by atoms with Crippen LogP contribution < -0.4 is 0 Å². The molecule has 0 amide bonds. The van der Waals surface area contributed by atoms with Crippen molar-refractivity contribution in [1.82, 2.24) is 0 Å². The molecule has 0 aliphatic rings. The number of halogens is 6. The summed E-state index contributed by atoms with van der Waals surface area (Å²) in [4.78, 5) is 24.6. The van der Waals surface area contributed by atoms with E-state index in [4.69, 9.17) is 4.74 Å². The van der Waals surface area contributed by atoms with E-state index in [1.807, 2.05) is 0 Å². The zero-order valence-corrected chi connectivity index (χ0v) is 17.8. The van der Waals surface area contributed by atoms with Gasteiger partial charge in [-0.2, -0.15) is 17.6 Å². The number of hydrogen-bond acceptors (Lipinski definition) is 4. The molecule has 0 aromatic carbocycles. The zero-order chi connectivity index (χ0) is 23.4. The minimum Gasteiger partial charge on any atom is -0.462 e. The Balaban J connectivity index is 5.48. The topological polar surface area (TPSA) is 52.6 Å². The van der Waals surface area contributed by atoms with Gasteiger partial charge in [-0.3, -0.25) is 9.59 Å². The first-order valence-corrected chi connectivity index (χ1v) is 9.29. The van der Waals surface area contributed by atoms with Crippen LogP contribution in [0.3, 0.4) is 0 Å². The van der Waals surface area contributed by atoms with Gasteiger partial charge in [0.15, 0.2) is 5.60 Å². The van der Waals surface area contributed by atoms with Crippen LogP contribution in [0.5, 0.6) is 0 Å². The molecule has 172 valence electrons. The number of carbonyl (C=O) groups excluding carboxylic acids is 2. The molecule has 0 fully saturated rings. The van der Waals surface area contributed by atoms with Gasteiger partial charge in [0.1, 0.15) is 6.10 Å². The van der Waals surface area contributed by atoms with Gasteiger partial charge in [-0.1, -0.05) is 20.8 Å². The number of alkyl halides is 6. The van der Waals surface area contributed by atoms with Gasteiger partial charge < -0.3 is 9.47 Å². The summed E-state index contributed by atoms with van der Waals surface area (Å²) < 4.78 is 90.3. The Labute approximate surface area is 167 Å². The lowest BCUT2D eigenvalue weighted by atomic mass is 9.83. The molecule has 2 unspecified atom stereocenters. The summed E-state index contributed by atoms with van der Waals surface area (Å²) in [6.07, 6.45) is -7.08. The molecule has 0 rings (SSSR count). The van der Waals surface area contributed by atoms with E-state index in [2.05, 4.69) is 4.74 Å². The molecule has 0 bridgehead atoms. The highest BCUT2D eigenvalue weighted by Crippen LogP contribution is 2.48. The summed E-state index contributed by atoms with van der Waals surface area (Å²) in [5, 5.41) is 0. The number of ether oxygens (including phenoxy) is 2. The van der Waals surface area contributed by atoms with Crippen molar-refractivity contribution < 1.29 is 45.4 Å². The van der Waals surface area contributed by atoms with Crippen LogP contribution in [-0.2, 0) is 19.1 Å². The lowest BCUT2D eigenvalue weighted by molar-refractivity contribution is -0.297. The molecule has 10 heteroatoms. The molecule has 0 radical (unpaired) electrons. The Morgan fingerprint density at radius 2 is 1.45 bits per heavy atom. The fourth-order valence-corrected chi connectivity index (χ4v) is 2.23. The van der Waals surface area contributed by atoms with E-state index >= 15 is 0 Å². The molecule has 0 aliphatic heterocycles. The Morgan fingerprint density at radius 1 is 0.966 bits per heavy atom. The van der Waals surface area contributed by atoms with E-state index in [-0.39, 0.29) is 12.3 Å². The maximum atomic E-state index is 14.3. The first kappa shape index (κ1) is 27.5. The summed E-state index contributed by atoms with van der Waals surface area (Å²) in [6.45, 7) is 9.00. The number of esters is 2. The Kier molecular flexibility index (Phi) is 9.07. The van der Waals surface area contributed by atoms with E-state index in [0.717, 1.165) is 0 Å². The van der Waals surface area contributed by atoms with Crippen molar-refractivity contribution in [3.8, 4) is 0 Å². The molecule has 4 nitrogen and oxygen atoms in total. The number of carbonyl (C=O) groups is 2. The molecule has 0 saturated heterocycles. The van der Waals surface area contributed by atoms with E-state index in [9.17, 15) is 35.9 Å². The summed E-state index contributed by atoms with van der Waals surface area (Å²) in [6, 6.07) is 0. The monoisotopic (exact) mass is 436 g/mol. The molecule has 0 saturated carbocycles. The van der Waals surface area contributed by atoms with Crippen molar-refractivity contribution in [3.05, 3.63) is 0 Å². The standard InChI is InChI=1S/C19H30F6O4/c1-8-17(7,10-14(26)28-12(4)11(2)3)15(27)29-16(5,6)19(24,25)18(22,23)9-13(20)21/h11-13H,8-10H2,1-7H3. The van der Waals surface area contributed by atoms with Gasteiger partial charge in [-0.15, -0.1) is 0 Å². The SMILES string of the molecule is CCC(C)(CC(=O)OC(C)C(C)C)C(=O)OC(C)(C)C(F)(F)C(F)(F)CC(F)F.